The van der Waals surface area contributed by atoms with Crippen molar-refractivity contribution in [1.82, 2.24) is 9.88 Å². The fourth-order valence-corrected chi connectivity index (χ4v) is 3.25. The zero-order valence-corrected chi connectivity index (χ0v) is 12.1. The smallest absolute Gasteiger partial charge is 0.240 e. The molecule has 0 radical (unpaired) electrons. The molecule has 0 atom stereocenters. The minimum absolute atomic E-state index is 0.0466. The van der Waals surface area contributed by atoms with Gasteiger partial charge in [-0.25, -0.2) is 4.98 Å². The largest absolute Gasteiger partial charge is 0.395 e. The summed E-state index contributed by atoms with van der Waals surface area (Å²) in [6.45, 7) is 2.90. The van der Waals surface area contributed by atoms with Gasteiger partial charge in [-0.3, -0.25) is 9.69 Å². The second-order valence-corrected chi connectivity index (χ2v) is 5.83. The summed E-state index contributed by atoms with van der Waals surface area (Å²) in [5, 5.41) is 14.5. The van der Waals surface area contributed by atoms with Crippen LogP contribution in [-0.2, 0) is 4.79 Å². The van der Waals surface area contributed by atoms with E-state index in [0.717, 1.165) is 18.5 Å². The fourth-order valence-electron chi connectivity index (χ4n) is 2.54. The van der Waals surface area contributed by atoms with Gasteiger partial charge < -0.3 is 10.4 Å². The molecule has 1 saturated carbocycles. The molecule has 1 aromatic rings. The number of aryl methyl sites for hydroxylation is 1. The van der Waals surface area contributed by atoms with Crippen LogP contribution in [0.3, 0.4) is 0 Å². The second kappa shape index (κ2) is 6.98. The lowest BCUT2D eigenvalue weighted by Gasteiger charge is -2.27. The topological polar surface area (TPSA) is 65.5 Å². The highest BCUT2D eigenvalue weighted by Gasteiger charge is 2.24. The molecule has 0 aromatic carbocycles. The molecule has 5 nitrogen and oxygen atoms in total. The van der Waals surface area contributed by atoms with Crippen LogP contribution < -0.4 is 5.32 Å². The predicted octanol–water partition coefficient (Wildman–Crippen LogP) is 1.63. The highest BCUT2D eigenvalue weighted by atomic mass is 32.1. The van der Waals surface area contributed by atoms with Gasteiger partial charge in [0.1, 0.15) is 0 Å². The Morgan fingerprint density at radius 3 is 2.89 bits per heavy atom. The highest BCUT2D eigenvalue weighted by Crippen LogP contribution is 2.23. The fraction of sp³-hybridized carbons (Fsp3) is 0.692. The van der Waals surface area contributed by atoms with Gasteiger partial charge in [-0.15, -0.1) is 11.3 Å². The molecule has 1 aromatic heterocycles. The highest BCUT2D eigenvalue weighted by molar-refractivity contribution is 7.13. The first kappa shape index (κ1) is 14.4. The molecule has 19 heavy (non-hydrogen) atoms. The number of rotatable bonds is 6. The van der Waals surface area contributed by atoms with Crippen molar-refractivity contribution in [2.24, 2.45) is 0 Å². The van der Waals surface area contributed by atoms with Gasteiger partial charge in [0.25, 0.3) is 0 Å². The molecule has 0 unspecified atom stereocenters. The average Bonchev–Trinajstić information content (AvgIpc) is 3.00. The summed E-state index contributed by atoms with van der Waals surface area (Å²) in [7, 11) is 0. The van der Waals surface area contributed by atoms with Crippen molar-refractivity contribution >= 4 is 22.4 Å². The summed E-state index contributed by atoms with van der Waals surface area (Å²) in [5.74, 6) is -0.0466. The Balaban J connectivity index is 1.87. The van der Waals surface area contributed by atoms with E-state index in [9.17, 15) is 4.79 Å². The van der Waals surface area contributed by atoms with E-state index < -0.39 is 0 Å². The van der Waals surface area contributed by atoms with Crippen molar-refractivity contribution in [3.05, 3.63) is 11.1 Å². The molecule has 0 aliphatic heterocycles. The first-order valence-electron chi connectivity index (χ1n) is 6.76. The molecule has 1 aliphatic rings. The maximum absolute atomic E-state index is 12.0. The van der Waals surface area contributed by atoms with E-state index >= 15 is 0 Å². The van der Waals surface area contributed by atoms with Gasteiger partial charge in [-0.2, -0.15) is 0 Å². The Morgan fingerprint density at radius 2 is 2.32 bits per heavy atom. The Morgan fingerprint density at radius 1 is 1.58 bits per heavy atom. The molecule has 1 heterocycles. The standard InChI is InChI=1S/C13H21N3O2S/c1-10-9-19-13(14-10)15-12(18)8-16(6-7-17)11-4-2-3-5-11/h9,11,17H,2-8H2,1H3,(H,14,15,18). The van der Waals surface area contributed by atoms with Crippen molar-refractivity contribution < 1.29 is 9.90 Å². The molecular weight excluding hydrogens is 262 g/mol. The summed E-state index contributed by atoms with van der Waals surface area (Å²) in [6, 6.07) is 0.441. The van der Waals surface area contributed by atoms with Gasteiger partial charge in [0.2, 0.25) is 5.91 Å². The van der Waals surface area contributed by atoms with Crippen molar-refractivity contribution in [1.29, 1.82) is 0 Å². The molecule has 106 valence electrons. The number of aliphatic hydroxyl groups excluding tert-OH is 1. The number of carbonyl (C=O) groups is 1. The Labute approximate surface area is 117 Å². The number of thiazole rings is 1. The van der Waals surface area contributed by atoms with Gasteiger partial charge in [0, 0.05) is 18.0 Å². The van der Waals surface area contributed by atoms with Crippen molar-refractivity contribution in [3.63, 3.8) is 0 Å². The minimum Gasteiger partial charge on any atom is -0.395 e. The maximum Gasteiger partial charge on any atom is 0.240 e. The van der Waals surface area contributed by atoms with Gasteiger partial charge in [0.15, 0.2) is 5.13 Å². The van der Waals surface area contributed by atoms with Crippen LogP contribution in [0, 0.1) is 6.92 Å². The van der Waals surface area contributed by atoms with Crippen LogP contribution in [0.15, 0.2) is 5.38 Å². The minimum atomic E-state index is -0.0466. The number of amides is 1. The monoisotopic (exact) mass is 283 g/mol. The maximum atomic E-state index is 12.0. The Hall–Kier alpha value is -0.980. The Kier molecular flexibility index (Phi) is 5.30. The van der Waals surface area contributed by atoms with Gasteiger partial charge >= 0.3 is 0 Å². The quantitative estimate of drug-likeness (QED) is 0.833. The third-order valence-corrected chi connectivity index (χ3v) is 4.32. The molecule has 0 spiro atoms. The van der Waals surface area contributed by atoms with Crippen LogP contribution in [-0.4, -0.2) is 46.6 Å². The van der Waals surface area contributed by atoms with Crippen molar-refractivity contribution in [2.45, 2.75) is 38.6 Å². The van der Waals surface area contributed by atoms with E-state index in [4.69, 9.17) is 5.11 Å². The van der Waals surface area contributed by atoms with Crippen LogP contribution in [0.1, 0.15) is 31.4 Å². The van der Waals surface area contributed by atoms with Crippen molar-refractivity contribution in [2.75, 3.05) is 25.0 Å². The van der Waals surface area contributed by atoms with Crippen molar-refractivity contribution in [3.8, 4) is 0 Å². The van der Waals surface area contributed by atoms with Crippen LogP contribution >= 0.6 is 11.3 Å². The predicted molar refractivity (Wildman–Crippen MR) is 76.4 cm³/mol. The molecule has 0 saturated heterocycles. The number of hydrogen-bond donors (Lipinski definition) is 2. The molecule has 6 heteroatoms. The number of nitrogens with zero attached hydrogens (tertiary/aromatic N) is 2. The van der Waals surface area contributed by atoms with E-state index in [1.54, 1.807) is 0 Å². The second-order valence-electron chi connectivity index (χ2n) is 4.97. The van der Waals surface area contributed by atoms with E-state index in [0.29, 0.717) is 24.3 Å². The van der Waals surface area contributed by atoms with Crippen LogP contribution in [0.4, 0.5) is 5.13 Å². The molecule has 1 amide bonds. The van der Waals surface area contributed by atoms with Gasteiger partial charge in [-0.05, 0) is 19.8 Å². The summed E-state index contributed by atoms with van der Waals surface area (Å²) in [5.41, 5.74) is 0.920. The zero-order chi connectivity index (χ0) is 13.7. The number of carbonyl (C=O) groups excluding carboxylic acids is 1. The van der Waals surface area contributed by atoms with Gasteiger partial charge in [0.05, 0.1) is 18.8 Å². The average molecular weight is 283 g/mol. The van der Waals surface area contributed by atoms with Crippen LogP contribution in [0.5, 0.6) is 0 Å². The lowest BCUT2D eigenvalue weighted by atomic mass is 10.2. The SMILES string of the molecule is Cc1csc(NC(=O)CN(CCO)C2CCCC2)n1. The number of nitrogens with one attached hydrogen (secondary N) is 1. The number of hydrogen-bond acceptors (Lipinski definition) is 5. The Bertz CT molecular complexity index is 416. The zero-order valence-electron chi connectivity index (χ0n) is 11.3. The first-order valence-corrected chi connectivity index (χ1v) is 7.64. The van der Waals surface area contributed by atoms with Crippen LogP contribution in [0.2, 0.25) is 0 Å². The van der Waals surface area contributed by atoms with E-state index in [1.165, 1.54) is 24.2 Å². The number of aliphatic hydroxyl groups is 1. The molecule has 1 aliphatic carbocycles. The summed E-state index contributed by atoms with van der Waals surface area (Å²) in [4.78, 5) is 18.3. The molecule has 2 N–H and O–H groups in total. The van der Waals surface area contributed by atoms with E-state index in [2.05, 4.69) is 15.2 Å². The van der Waals surface area contributed by atoms with Crippen LogP contribution in [0.25, 0.3) is 0 Å². The normalized spacial score (nSPS) is 16.2. The number of aromatic nitrogens is 1. The van der Waals surface area contributed by atoms with E-state index in [1.807, 2.05) is 12.3 Å². The summed E-state index contributed by atoms with van der Waals surface area (Å²) in [6.07, 6.45) is 4.70. The molecular formula is C13H21N3O2S. The summed E-state index contributed by atoms with van der Waals surface area (Å²) < 4.78 is 0. The van der Waals surface area contributed by atoms with Gasteiger partial charge in [-0.1, -0.05) is 12.8 Å². The lowest BCUT2D eigenvalue weighted by Crippen LogP contribution is -2.41. The molecule has 2 rings (SSSR count). The molecule has 0 bridgehead atoms. The first-order chi connectivity index (χ1) is 9.19. The lowest BCUT2D eigenvalue weighted by molar-refractivity contribution is -0.118. The third kappa shape index (κ3) is 4.26. The van der Waals surface area contributed by atoms with E-state index in [-0.39, 0.29) is 12.5 Å². The number of anilines is 1. The third-order valence-electron chi connectivity index (χ3n) is 3.44. The molecule has 1 fully saturated rings. The summed E-state index contributed by atoms with van der Waals surface area (Å²) >= 11 is 1.44.